The number of likely N-dealkylation sites (tertiary alicyclic amines) is 1. The first-order chi connectivity index (χ1) is 7.90. The van der Waals surface area contributed by atoms with E-state index in [-0.39, 0.29) is 0 Å². The van der Waals surface area contributed by atoms with Crippen LogP contribution in [0.2, 0.25) is 0 Å². The highest BCUT2D eigenvalue weighted by molar-refractivity contribution is 5.01. The fourth-order valence-corrected chi connectivity index (χ4v) is 4.20. The van der Waals surface area contributed by atoms with Crippen molar-refractivity contribution in [1.82, 2.24) is 9.80 Å². The van der Waals surface area contributed by atoms with Crippen LogP contribution in [0, 0.1) is 5.92 Å². The quantitative estimate of drug-likeness (QED) is 0.772. The van der Waals surface area contributed by atoms with E-state index < -0.39 is 0 Å². The zero-order valence-corrected chi connectivity index (χ0v) is 10.1. The summed E-state index contributed by atoms with van der Waals surface area (Å²) in [5.74, 6) is 0.953. The number of nitrogens with zero attached hydrogens (tertiary/aromatic N) is 2. The summed E-state index contributed by atoms with van der Waals surface area (Å²) >= 11 is 0. The maximum atomic E-state index is 8.99. The van der Waals surface area contributed by atoms with E-state index in [0.29, 0.717) is 6.61 Å². The molecule has 2 bridgehead atoms. The molecule has 0 aliphatic carbocycles. The van der Waals surface area contributed by atoms with E-state index in [9.17, 15) is 0 Å². The third kappa shape index (κ3) is 1.79. The molecule has 1 N–H and O–H groups in total. The Morgan fingerprint density at radius 3 is 2.62 bits per heavy atom. The zero-order chi connectivity index (χ0) is 11.0. The van der Waals surface area contributed by atoms with E-state index in [2.05, 4.69) is 9.80 Å². The lowest BCUT2D eigenvalue weighted by Crippen LogP contribution is -2.65. The predicted octanol–water partition coefficient (Wildman–Crippen LogP) is 0.927. The molecule has 16 heavy (non-hydrogen) atoms. The second kappa shape index (κ2) is 4.63. The van der Waals surface area contributed by atoms with E-state index in [0.717, 1.165) is 31.0 Å². The summed E-state index contributed by atoms with van der Waals surface area (Å²) < 4.78 is 0. The average molecular weight is 224 g/mol. The minimum absolute atomic E-state index is 0.349. The fraction of sp³-hybridized carbons (Fsp3) is 1.00. The fourth-order valence-electron chi connectivity index (χ4n) is 4.20. The number of hydrogen-bond acceptors (Lipinski definition) is 3. The highest BCUT2D eigenvalue weighted by Gasteiger charge is 2.45. The van der Waals surface area contributed by atoms with Gasteiger partial charge in [0.25, 0.3) is 0 Å². The highest BCUT2D eigenvalue weighted by Crippen LogP contribution is 2.39. The van der Waals surface area contributed by atoms with Gasteiger partial charge in [0.1, 0.15) is 0 Å². The number of rotatable bonds is 3. The van der Waals surface area contributed by atoms with Crippen LogP contribution in [0.3, 0.4) is 0 Å². The molecular formula is C13H24N2O. The smallest absolute Gasteiger partial charge is 0.0443 e. The summed E-state index contributed by atoms with van der Waals surface area (Å²) in [5.41, 5.74) is 0. The van der Waals surface area contributed by atoms with Crippen molar-refractivity contribution in [2.45, 2.75) is 44.2 Å². The van der Waals surface area contributed by atoms with Crippen molar-refractivity contribution in [3.05, 3.63) is 0 Å². The van der Waals surface area contributed by atoms with Gasteiger partial charge in [0, 0.05) is 25.2 Å². The standard InChI is InChI=1S/C13H24N2O/c16-10-2-7-15-6-1-3-12-13(15)11-4-8-14(12)9-5-11/h11-13,16H,1-10H2. The summed E-state index contributed by atoms with van der Waals surface area (Å²) in [6, 6.07) is 1.67. The summed E-state index contributed by atoms with van der Waals surface area (Å²) in [6.07, 6.45) is 6.55. The molecule has 0 radical (unpaired) electrons. The van der Waals surface area contributed by atoms with Crippen molar-refractivity contribution in [2.24, 2.45) is 5.92 Å². The molecule has 0 spiro atoms. The van der Waals surface area contributed by atoms with Gasteiger partial charge in [-0.05, 0) is 57.7 Å². The number of piperidine rings is 4. The zero-order valence-electron chi connectivity index (χ0n) is 10.1. The molecule has 2 unspecified atom stereocenters. The first-order valence-electron chi connectivity index (χ1n) is 6.99. The van der Waals surface area contributed by atoms with Gasteiger partial charge in [0.05, 0.1) is 0 Å². The van der Waals surface area contributed by atoms with E-state index in [1.807, 2.05) is 0 Å². The average Bonchev–Trinajstić information content (AvgIpc) is 2.37. The van der Waals surface area contributed by atoms with Crippen molar-refractivity contribution in [1.29, 1.82) is 0 Å². The van der Waals surface area contributed by atoms with Crippen molar-refractivity contribution in [3.8, 4) is 0 Å². The van der Waals surface area contributed by atoms with E-state index in [4.69, 9.17) is 5.11 Å². The molecule has 4 aliphatic heterocycles. The van der Waals surface area contributed by atoms with Crippen LogP contribution in [0.25, 0.3) is 0 Å². The van der Waals surface area contributed by atoms with Crippen molar-refractivity contribution >= 4 is 0 Å². The first-order valence-corrected chi connectivity index (χ1v) is 6.99. The van der Waals surface area contributed by atoms with E-state index in [1.165, 1.54) is 45.3 Å². The molecule has 4 aliphatic rings. The van der Waals surface area contributed by atoms with Crippen LogP contribution >= 0.6 is 0 Å². The molecule has 4 saturated heterocycles. The lowest BCUT2D eigenvalue weighted by molar-refractivity contribution is -0.0685. The second-order valence-electron chi connectivity index (χ2n) is 5.69. The maximum absolute atomic E-state index is 8.99. The molecule has 4 rings (SSSR count). The van der Waals surface area contributed by atoms with Crippen molar-refractivity contribution < 1.29 is 5.11 Å². The van der Waals surface area contributed by atoms with Gasteiger partial charge in [0.15, 0.2) is 0 Å². The molecule has 92 valence electrons. The van der Waals surface area contributed by atoms with Gasteiger partial charge in [-0.25, -0.2) is 0 Å². The minimum Gasteiger partial charge on any atom is -0.396 e. The second-order valence-corrected chi connectivity index (χ2v) is 5.69. The van der Waals surface area contributed by atoms with Gasteiger partial charge in [-0.2, -0.15) is 0 Å². The lowest BCUT2D eigenvalue weighted by atomic mass is 9.74. The van der Waals surface area contributed by atoms with Crippen molar-refractivity contribution in [2.75, 3.05) is 32.8 Å². The molecule has 2 atom stereocenters. The number of fused-ring (bicyclic) bond motifs is 2. The number of hydrogen-bond donors (Lipinski definition) is 1. The van der Waals surface area contributed by atoms with E-state index in [1.54, 1.807) is 0 Å². The van der Waals surface area contributed by atoms with Crippen LogP contribution in [0.5, 0.6) is 0 Å². The minimum atomic E-state index is 0.349. The molecule has 0 aromatic heterocycles. The van der Waals surface area contributed by atoms with Crippen LogP contribution in [0.15, 0.2) is 0 Å². The van der Waals surface area contributed by atoms with Crippen LogP contribution in [0.4, 0.5) is 0 Å². The molecule has 3 heteroatoms. The Labute approximate surface area is 98.4 Å². The van der Waals surface area contributed by atoms with Gasteiger partial charge in [-0.3, -0.25) is 9.80 Å². The van der Waals surface area contributed by atoms with Crippen LogP contribution in [0.1, 0.15) is 32.1 Å². The van der Waals surface area contributed by atoms with Gasteiger partial charge >= 0.3 is 0 Å². The molecule has 0 amide bonds. The SMILES string of the molecule is OCCCN1CCCC2C1C1CCN2CC1. The molecular weight excluding hydrogens is 200 g/mol. The molecule has 4 fully saturated rings. The van der Waals surface area contributed by atoms with E-state index >= 15 is 0 Å². The van der Waals surface area contributed by atoms with Gasteiger partial charge < -0.3 is 5.11 Å². The Morgan fingerprint density at radius 1 is 1.06 bits per heavy atom. The molecule has 3 nitrogen and oxygen atoms in total. The monoisotopic (exact) mass is 224 g/mol. The molecule has 4 heterocycles. The third-order valence-corrected chi connectivity index (χ3v) is 4.89. The Kier molecular flexibility index (Phi) is 3.18. The highest BCUT2D eigenvalue weighted by atomic mass is 16.3. The summed E-state index contributed by atoms with van der Waals surface area (Å²) in [4.78, 5) is 5.41. The van der Waals surface area contributed by atoms with Crippen molar-refractivity contribution in [3.63, 3.8) is 0 Å². The summed E-state index contributed by atoms with van der Waals surface area (Å²) in [5, 5.41) is 8.99. The van der Waals surface area contributed by atoms with Gasteiger partial charge in [-0.15, -0.1) is 0 Å². The van der Waals surface area contributed by atoms with Crippen LogP contribution in [-0.2, 0) is 0 Å². The molecule has 0 saturated carbocycles. The third-order valence-electron chi connectivity index (χ3n) is 4.89. The lowest BCUT2D eigenvalue weighted by Gasteiger charge is -2.57. The Balaban J connectivity index is 1.71. The van der Waals surface area contributed by atoms with Crippen LogP contribution < -0.4 is 0 Å². The largest absolute Gasteiger partial charge is 0.396 e. The normalized spacial score (nSPS) is 43.3. The van der Waals surface area contributed by atoms with Gasteiger partial charge in [0.2, 0.25) is 0 Å². The predicted molar refractivity (Wildman–Crippen MR) is 64.4 cm³/mol. The molecule has 0 aromatic carbocycles. The Morgan fingerprint density at radius 2 is 1.88 bits per heavy atom. The molecule has 0 aromatic rings. The first kappa shape index (κ1) is 11.0. The maximum Gasteiger partial charge on any atom is 0.0443 e. The Bertz CT molecular complexity index is 238. The summed E-state index contributed by atoms with van der Waals surface area (Å²) in [7, 11) is 0. The summed E-state index contributed by atoms with van der Waals surface area (Å²) in [6.45, 7) is 5.43. The Hall–Kier alpha value is -0.120. The van der Waals surface area contributed by atoms with Crippen LogP contribution in [-0.4, -0.2) is 59.8 Å². The number of aliphatic hydroxyl groups excluding tert-OH is 1. The topological polar surface area (TPSA) is 26.7 Å². The number of aliphatic hydroxyl groups is 1. The van der Waals surface area contributed by atoms with Gasteiger partial charge in [-0.1, -0.05) is 0 Å².